The third kappa shape index (κ3) is 7.01. The Bertz CT molecular complexity index is 1280. The second-order valence-corrected chi connectivity index (χ2v) is 7.33. The first kappa shape index (κ1) is 25.6. The standard InChI is InChI=1S/C27H25N3O6/c1-33-22-9-5-20(6-10-22)29-26(31)17-36-24-13-4-18(15-25(24)35-3)14-19(16-28)27(32)30-21-7-11-23(34-2)12-8-21/h4-15H,17H2,1-3H3,(H,29,31)(H,30,32)/b19-14-. The molecule has 0 aliphatic heterocycles. The second kappa shape index (κ2) is 12.5. The van der Waals surface area contributed by atoms with Crippen molar-refractivity contribution in [1.82, 2.24) is 0 Å². The van der Waals surface area contributed by atoms with E-state index in [2.05, 4.69) is 10.6 Å². The molecule has 0 saturated carbocycles. The quantitative estimate of drug-likeness (QED) is 0.324. The van der Waals surface area contributed by atoms with Gasteiger partial charge in [-0.3, -0.25) is 9.59 Å². The number of carbonyl (C=O) groups is 2. The number of rotatable bonds is 10. The number of amides is 2. The van der Waals surface area contributed by atoms with E-state index in [0.717, 1.165) is 0 Å². The zero-order valence-corrected chi connectivity index (χ0v) is 20.0. The third-order valence-corrected chi connectivity index (χ3v) is 4.94. The Morgan fingerprint density at radius 2 is 1.39 bits per heavy atom. The molecule has 0 aromatic heterocycles. The molecule has 3 aromatic carbocycles. The molecule has 0 aliphatic carbocycles. The summed E-state index contributed by atoms with van der Waals surface area (Å²) in [5.74, 6) is 1.09. The van der Waals surface area contributed by atoms with Crippen molar-refractivity contribution in [1.29, 1.82) is 5.26 Å². The maximum atomic E-state index is 12.5. The molecule has 2 amide bonds. The SMILES string of the molecule is COc1ccc(NC(=O)COc2ccc(/C=C(/C#N)C(=O)Nc3ccc(OC)cc3)cc2OC)cc1. The fourth-order valence-corrected chi connectivity index (χ4v) is 3.10. The number of nitrogens with zero attached hydrogens (tertiary/aromatic N) is 1. The fourth-order valence-electron chi connectivity index (χ4n) is 3.10. The van der Waals surface area contributed by atoms with Gasteiger partial charge in [0.05, 0.1) is 21.3 Å². The predicted molar refractivity (Wildman–Crippen MR) is 135 cm³/mol. The lowest BCUT2D eigenvalue weighted by atomic mass is 10.1. The molecular weight excluding hydrogens is 462 g/mol. The maximum absolute atomic E-state index is 12.5. The summed E-state index contributed by atoms with van der Waals surface area (Å²) in [5, 5.41) is 14.9. The maximum Gasteiger partial charge on any atom is 0.266 e. The van der Waals surface area contributed by atoms with Gasteiger partial charge < -0.3 is 29.6 Å². The lowest BCUT2D eigenvalue weighted by molar-refractivity contribution is -0.118. The summed E-state index contributed by atoms with van der Waals surface area (Å²) in [6.45, 7) is -0.245. The van der Waals surface area contributed by atoms with Crippen LogP contribution in [0.4, 0.5) is 11.4 Å². The van der Waals surface area contributed by atoms with Gasteiger partial charge in [-0.1, -0.05) is 6.07 Å². The van der Waals surface area contributed by atoms with Crippen molar-refractivity contribution in [2.75, 3.05) is 38.6 Å². The number of methoxy groups -OCH3 is 3. The molecule has 2 N–H and O–H groups in total. The van der Waals surface area contributed by atoms with E-state index in [9.17, 15) is 14.9 Å². The Balaban J connectivity index is 1.64. The van der Waals surface area contributed by atoms with Crippen molar-refractivity contribution in [3.05, 3.63) is 77.9 Å². The van der Waals surface area contributed by atoms with E-state index in [0.29, 0.717) is 39.9 Å². The van der Waals surface area contributed by atoms with Gasteiger partial charge >= 0.3 is 0 Å². The smallest absolute Gasteiger partial charge is 0.266 e. The number of nitriles is 1. The summed E-state index contributed by atoms with van der Waals surface area (Å²) in [4.78, 5) is 24.8. The van der Waals surface area contributed by atoms with Gasteiger partial charge in [-0.25, -0.2) is 0 Å². The van der Waals surface area contributed by atoms with Crippen LogP contribution in [-0.2, 0) is 9.59 Å². The summed E-state index contributed by atoms with van der Waals surface area (Å²) < 4.78 is 21.1. The normalized spacial score (nSPS) is 10.6. The number of hydrogen-bond acceptors (Lipinski definition) is 7. The highest BCUT2D eigenvalue weighted by Crippen LogP contribution is 2.29. The Hall–Kier alpha value is -4.97. The van der Waals surface area contributed by atoms with Gasteiger partial charge in [0.15, 0.2) is 18.1 Å². The average molecular weight is 488 g/mol. The zero-order chi connectivity index (χ0) is 25.9. The number of benzene rings is 3. The Morgan fingerprint density at radius 3 is 1.92 bits per heavy atom. The molecule has 3 rings (SSSR count). The highest BCUT2D eigenvalue weighted by atomic mass is 16.5. The van der Waals surface area contributed by atoms with Crippen molar-refractivity contribution >= 4 is 29.3 Å². The first-order valence-corrected chi connectivity index (χ1v) is 10.8. The van der Waals surface area contributed by atoms with Crippen molar-refractivity contribution < 1.29 is 28.5 Å². The number of nitrogens with one attached hydrogen (secondary N) is 2. The van der Waals surface area contributed by atoms with Crippen molar-refractivity contribution in [2.24, 2.45) is 0 Å². The number of ether oxygens (including phenoxy) is 4. The molecule has 36 heavy (non-hydrogen) atoms. The Kier molecular flexibility index (Phi) is 8.89. The number of hydrogen-bond donors (Lipinski definition) is 2. The Labute approximate surface area is 208 Å². The summed E-state index contributed by atoms with van der Waals surface area (Å²) in [6, 6.07) is 20.4. The lowest BCUT2D eigenvalue weighted by Gasteiger charge is -2.12. The molecule has 0 heterocycles. The third-order valence-electron chi connectivity index (χ3n) is 4.94. The molecule has 9 nitrogen and oxygen atoms in total. The van der Waals surface area contributed by atoms with Gasteiger partial charge in [0.25, 0.3) is 11.8 Å². The lowest BCUT2D eigenvalue weighted by Crippen LogP contribution is -2.20. The van der Waals surface area contributed by atoms with E-state index in [1.165, 1.54) is 13.2 Å². The van der Waals surface area contributed by atoms with Crippen LogP contribution < -0.4 is 29.6 Å². The molecule has 0 spiro atoms. The van der Waals surface area contributed by atoms with E-state index >= 15 is 0 Å². The topological polar surface area (TPSA) is 119 Å². The van der Waals surface area contributed by atoms with Crippen LogP contribution in [0.25, 0.3) is 6.08 Å². The van der Waals surface area contributed by atoms with Crippen LogP contribution in [0.2, 0.25) is 0 Å². The minimum absolute atomic E-state index is 0.0968. The van der Waals surface area contributed by atoms with Crippen LogP contribution in [0, 0.1) is 11.3 Å². The first-order valence-electron chi connectivity index (χ1n) is 10.8. The van der Waals surface area contributed by atoms with Gasteiger partial charge in [0, 0.05) is 11.4 Å². The van der Waals surface area contributed by atoms with Crippen LogP contribution in [0.3, 0.4) is 0 Å². The minimum Gasteiger partial charge on any atom is -0.497 e. The number of carbonyl (C=O) groups excluding carboxylic acids is 2. The molecule has 0 fully saturated rings. The number of anilines is 2. The fraction of sp³-hybridized carbons (Fsp3) is 0.148. The van der Waals surface area contributed by atoms with Gasteiger partial charge in [-0.15, -0.1) is 0 Å². The summed E-state index contributed by atoms with van der Waals surface area (Å²) in [5.41, 5.74) is 1.58. The molecule has 3 aromatic rings. The first-order chi connectivity index (χ1) is 17.4. The highest BCUT2D eigenvalue weighted by Gasteiger charge is 2.12. The molecule has 0 radical (unpaired) electrons. The van der Waals surface area contributed by atoms with Crippen molar-refractivity contribution in [3.63, 3.8) is 0 Å². The van der Waals surface area contributed by atoms with E-state index in [4.69, 9.17) is 18.9 Å². The summed E-state index contributed by atoms with van der Waals surface area (Å²) >= 11 is 0. The van der Waals surface area contributed by atoms with Gasteiger partial charge in [-0.2, -0.15) is 5.26 Å². The van der Waals surface area contributed by atoms with Crippen LogP contribution in [0.15, 0.2) is 72.3 Å². The van der Waals surface area contributed by atoms with E-state index in [-0.39, 0.29) is 18.1 Å². The van der Waals surface area contributed by atoms with Gasteiger partial charge in [0.1, 0.15) is 23.1 Å². The zero-order valence-electron chi connectivity index (χ0n) is 20.0. The van der Waals surface area contributed by atoms with Crippen LogP contribution >= 0.6 is 0 Å². The molecule has 0 bridgehead atoms. The minimum atomic E-state index is -0.558. The average Bonchev–Trinajstić information content (AvgIpc) is 2.91. The highest BCUT2D eigenvalue weighted by molar-refractivity contribution is 6.09. The summed E-state index contributed by atoms with van der Waals surface area (Å²) in [7, 11) is 4.56. The van der Waals surface area contributed by atoms with Crippen LogP contribution in [0.5, 0.6) is 23.0 Å². The molecule has 0 unspecified atom stereocenters. The van der Waals surface area contributed by atoms with Crippen molar-refractivity contribution in [2.45, 2.75) is 0 Å². The van der Waals surface area contributed by atoms with Crippen molar-refractivity contribution in [3.8, 4) is 29.1 Å². The monoisotopic (exact) mass is 487 g/mol. The molecule has 184 valence electrons. The molecule has 9 heteroatoms. The predicted octanol–water partition coefficient (Wildman–Crippen LogP) is 4.28. The van der Waals surface area contributed by atoms with Crippen LogP contribution in [-0.4, -0.2) is 39.8 Å². The Morgan fingerprint density at radius 1 is 0.806 bits per heavy atom. The molecule has 0 saturated heterocycles. The molecular formula is C27H25N3O6. The van der Waals surface area contributed by atoms with E-state index < -0.39 is 5.91 Å². The molecule has 0 atom stereocenters. The molecule has 0 aliphatic rings. The van der Waals surface area contributed by atoms with Gasteiger partial charge in [0.2, 0.25) is 0 Å². The van der Waals surface area contributed by atoms with Gasteiger partial charge in [-0.05, 0) is 72.3 Å². The van der Waals surface area contributed by atoms with Crippen LogP contribution in [0.1, 0.15) is 5.56 Å². The summed E-state index contributed by atoms with van der Waals surface area (Å²) in [6.07, 6.45) is 1.43. The van der Waals surface area contributed by atoms with E-state index in [1.54, 1.807) is 80.9 Å². The van der Waals surface area contributed by atoms with E-state index in [1.807, 2.05) is 6.07 Å². The second-order valence-electron chi connectivity index (χ2n) is 7.33. The largest absolute Gasteiger partial charge is 0.497 e.